The Bertz CT molecular complexity index is 5210. The number of ketones is 1. The number of carbonyl (C=O) groups excluding carboxylic acids is 5. The van der Waals surface area contributed by atoms with E-state index in [0.717, 1.165) is 29.0 Å². The van der Waals surface area contributed by atoms with Gasteiger partial charge in [-0.25, -0.2) is 29.1 Å². The molecule has 12 aromatic rings. The summed E-state index contributed by atoms with van der Waals surface area (Å²) in [7, 11) is -2.34. The van der Waals surface area contributed by atoms with Gasteiger partial charge in [-0.3, -0.25) is 38.9 Å². The zero-order chi connectivity index (χ0) is 73.8. The number of benzene rings is 8. The maximum absolute atomic E-state index is 13.2. The summed E-state index contributed by atoms with van der Waals surface area (Å²) in [5.41, 5.74) is 15.3. The summed E-state index contributed by atoms with van der Waals surface area (Å²) >= 11 is 0. The quantitative estimate of drug-likeness (QED) is 0.0269. The number of hydrogen-bond acceptors (Lipinski definition) is 16. The SMILES string of the molecule is C=C(O)c1ccc(-c2cnc(C)c(C(=O)Nc3ccccc3)n2)cc1.C=S(C)(=O)Nc1ccc(-c2cnc(C)c(C(=O)Nc3ccccc3)n2)cc1.CC(=O)c1cccc(-c2cnc(C)c(C(=O)Nc3ccccc3)n2)c1.Nc1ncc(-c2ccccc2C(F)(F)F)nc1C(=O)Nc1ccccc1.[HH].[HH].[HH].[HH].[HH].[HH].[HH].[HH].[HH].[HH]. The molecule has 8 aromatic carbocycles. The summed E-state index contributed by atoms with van der Waals surface area (Å²) in [5.74, 6) is 1.78. The van der Waals surface area contributed by atoms with Crippen LogP contribution in [0.25, 0.3) is 50.8 Å². The number of hydrogen-bond donors (Lipinski definition) is 7. The lowest BCUT2D eigenvalue weighted by Gasteiger charge is -2.13. The van der Waals surface area contributed by atoms with Gasteiger partial charge in [0, 0.05) is 92.0 Å². The Hall–Kier alpha value is -13.4. The zero-order valence-electron chi connectivity index (χ0n) is 56.1. The fourth-order valence-corrected chi connectivity index (χ4v) is 10.2. The second-order valence-electron chi connectivity index (χ2n) is 22.7. The fourth-order valence-electron chi connectivity index (χ4n) is 9.60. The van der Waals surface area contributed by atoms with E-state index in [9.17, 15) is 46.5 Å². The monoisotopic (exact) mass is 1420 g/mol. The van der Waals surface area contributed by atoms with Crippen molar-refractivity contribution in [3.63, 3.8) is 0 Å². The molecule has 1 unspecified atom stereocenters. The largest absolute Gasteiger partial charge is 0.508 e. The van der Waals surface area contributed by atoms with Crippen LogP contribution in [0.2, 0.25) is 0 Å². The number of rotatable bonds is 16. The molecule has 4 aromatic heterocycles. The van der Waals surface area contributed by atoms with Crippen LogP contribution in [0.1, 0.15) is 102 Å². The van der Waals surface area contributed by atoms with E-state index < -0.39 is 27.4 Å². The summed E-state index contributed by atoms with van der Waals surface area (Å²) in [6, 6.07) is 62.5. The molecule has 0 radical (unpaired) electrons. The minimum atomic E-state index is -4.56. The molecule has 0 saturated heterocycles. The average molecular weight is 1420 g/mol. The van der Waals surface area contributed by atoms with Crippen LogP contribution in [0.3, 0.4) is 0 Å². The van der Waals surface area contributed by atoms with Gasteiger partial charge in [-0.05, 0) is 106 Å². The topological polar surface area (TPSA) is 312 Å². The number of nitrogens with zero attached hydrogens (tertiary/aromatic N) is 8. The van der Waals surface area contributed by atoms with E-state index in [4.69, 9.17) is 5.73 Å². The Morgan fingerprint density at radius 1 is 0.447 bits per heavy atom. The van der Waals surface area contributed by atoms with Crippen molar-refractivity contribution in [3.05, 3.63) is 306 Å². The summed E-state index contributed by atoms with van der Waals surface area (Å²) in [5, 5.41) is 20.4. The predicted octanol–water partition coefficient (Wildman–Crippen LogP) is 18.0. The number of aromatic nitrogens is 8. The highest BCUT2D eigenvalue weighted by Crippen LogP contribution is 2.37. The van der Waals surface area contributed by atoms with E-state index in [1.165, 1.54) is 31.4 Å². The molecule has 0 spiro atoms. The lowest BCUT2D eigenvalue weighted by Crippen LogP contribution is -2.17. The minimum absolute atomic E-state index is 0. The number of nitrogen functional groups attached to an aromatic ring is 1. The van der Waals surface area contributed by atoms with Crippen LogP contribution < -0.4 is 31.7 Å². The molecule has 0 bridgehead atoms. The van der Waals surface area contributed by atoms with Crippen LogP contribution in [0.15, 0.2) is 250 Å². The van der Waals surface area contributed by atoms with Gasteiger partial charge >= 0.3 is 6.18 Å². The van der Waals surface area contributed by atoms with Gasteiger partial charge in [0.25, 0.3) is 23.6 Å². The number of anilines is 6. The molecule has 25 heteroatoms. The third kappa shape index (κ3) is 20.8. The molecular formula is C78H87F3N14O7S. The number of carbonyl (C=O) groups is 5. The predicted molar refractivity (Wildman–Crippen MR) is 419 cm³/mol. The Balaban J connectivity index is 0. The number of para-hydroxylation sites is 4. The molecule has 538 valence electrons. The van der Waals surface area contributed by atoms with Gasteiger partial charge < -0.3 is 36.8 Å². The molecule has 0 fully saturated rings. The van der Waals surface area contributed by atoms with E-state index in [1.807, 2.05) is 97.1 Å². The molecule has 103 heavy (non-hydrogen) atoms. The first-order valence-corrected chi connectivity index (χ1v) is 33.5. The summed E-state index contributed by atoms with van der Waals surface area (Å²) in [4.78, 5) is 95.6. The van der Waals surface area contributed by atoms with Gasteiger partial charge in [-0.15, -0.1) is 0 Å². The van der Waals surface area contributed by atoms with Gasteiger partial charge in [0.15, 0.2) is 17.3 Å². The first-order valence-electron chi connectivity index (χ1n) is 31.3. The van der Waals surface area contributed by atoms with Crippen LogP contribution in [-0.4, -0.2) is 90.7 Å². The van der Waals surface area contributed by atoms with Gasteiger partial charge in [-0.1, -0.05) is 152 Å². The number of nitrogens with two attached hydrogens (primary N) is 1. The lowest BCUT2D eigenvalue weighted by molar-refractivity contribution is -0.137. The molecule has 4 amide bonds. The van der Waals surface area contributed by atoms with E-state index in [0.29, 0.717) is 73.7 Å². The van der Waals surface area contributed by atoms with Gasteiger partial charge in [0.2, 0.25) is 0 Å². The van der Waals surface area contributed by atoms with Crippen molar-refractivity contribution in [2.24, 2.45) is 0 Å². The molecule has 8 N–H and O–H groups in total. The normalized spacial score (nSPS) is 11.2. The van der Waals surface area contributed by atoms with Crippen molar-refractivity contribution in [3.8, 4) is 45.0 Å². The second kappa shape index (κ2) is 33.9. The minimum Gasteiger partial charge on any atom is -0.508 e. The van der Waals surface area contributed by atoms with Crippen LogP contribution in [-0.2, 0) is 15.9 Å². The van der Waals surface area contributed by atoms with Crippen LogP contribution in [0.4, 0.5) is 47.4 Å². The molecule has 0 aliphatic heterocycles. The number of aliphatic hydroxyl groups is 1. The molecule has 21 nitrogen and oxygen atoms in total. The van der Waals surface area contributed by atoms with Crippen molar-refractivity contribution in [2.75, 3.05) is 38.0 Å². The number of aliphatic hydroxyl groups excluding tert-OH is 1. The van der Waals surface area contributed by atoms with Crippen molar-refractivity contribution >= 4 is 85.0 Å². The molecule has 4 heterocycles. The Morgan fingerprint density at radius 3 is 1.19 bits per heavy atom. The highest BCUT2D eigenvalue weighted by molar-refractivity contribution is 8.00. The first-order chi connectivity index (χ1) is 49.3. The van der Waals surface area contributed by atoms with Crippen molar-refractivity contribution in [1.29, 1.82) is 0 Å². The Morgan fingerprint density at radius 2 is 0.806 bits per heavy atom. The summed E-state index contributed by atoms with van der Waals surface area (Å²) in [6.07, 6.45) is 2.93. The second-order valence-corrected chi connectivity index (χ2v) is 24.9. The summed E-state index contributed by atoms with van der Waals surface area (Å²) in [6.45, 7) is 10.2. The molecular weight excluding hydrogens is 1330 g/mol. The third-order valence-corrected chi connectivity index (χ3v) is 15.4. The number of aryl methyl sites for hydroxylation is 3. The Labute approximate surface area is 606 Å². The Kier molecular flexibility index (Phi) is 24.3. The van der Waals surface area contributed by atoms with Crippen LogP contribution >= 0.6 is 0 Å². The highest BCUT2D eigenvalue weighted by atomic mass is 32.2. The summed E-state index contributed by atoms with van der Waals surface area (Å²) < 4.78 is 54.2. The number of nitrogens with one attached hydrogen (secondary N) is 5. The van der Waals surface area contributed by atoms with E-state index >= 15 is 0 Å². The van der Waals surface area contributed by atoms with Crippen molar-refractivity contribution < 1.29 is 60.7 Å². The number of alkyl halides is 3. The number of halogens is 3. The fraction of sp³-hybridized carbons (Fsp3) is 0.0769. The molecule has 1 atom stereocenters. The van der Waals surface area contributed by atoms with Crippen LogP contribution in [0, 0.1) is 20.8 Å². The standard InChI is InChI=1S/C20H20N4O2S.2C20H17N3O2.C18H13F3N4O.10H2/c1-14-19(20(25)22-16-7-5-4-6-8-16)23-18(13-21-14)15-9-11-17(12-10-15)24-27(2,3)26;1-13-19(20(25)22-17-9-4-3-5-10-17)23-18(12-21-13)16-8-6-7-15(11-16)14(2)24;1-13-19(20(25)22-17-6-4-3-5-7-17)23-18(12-21-13)16-10-8-15(9-11-16)14(2)24;19-18(20,21)13-9-5-4-8-12(13)14-10-23-16(22)15(25-14)17(26)24-11-6-2-1-3-7-11;;;;;;;;;;/h4-13H,2H2,1,3H3,(H,22,25)(H,24,26);3-12H,1-2H3,(H,22,25);3-12,24H,2H2,1H3,(H,22,25);1-10H,(H2,22,23)(H,24,26);10*1H. The lowest BCUT2D eigenvalue weighted by atomic mass is 10.0. The van der Waals surface area contributed by atoms with E-state index in [1.54, 1.807) is 136 Å². The third-order valence-electron chi connectivity index (χ3n) is 14.8. The molecule has 0 aliphatic rings. The van der Waals surface area contributed by atoms with Crippen molar-refractivity contribution in [2.45, 2.75) is 33.9 Å². The maximum Gasteiger partial charge on any atom is 0.417 e. The smallest absolute Gasteiger partial charge is 0.417 e. The number of amides is 4. The van der Waals surface area contributed by atoms with Crippen LogP contribution in [0.5, 0.6) is 0 Å². The van der Waals surface area contributed by atoms with Crippen molar-refractivity contribution in [1.82, 2.24) is 39.9 Å². The average Bonchev–Trinajstić information content (AvgIpc) is 0.826. The van der Waals surface area contributed by atoms with Gasteiger partial charge in [0.05, 0.1) is 70.2 Å². The first kappa shape index (κ1) is 73.8. The molecule has 12 rings (SSSR count). The molecule has 0 aliphatic carbocycles. The van der Waals surface area contributed by atoms with Gasteiger partial charge in [-0.2, -0.15) is 13.2 Å². The van der Waals surface area contributed by atoms with E-state index in [-0.39, 0.29) is 83.4 Å². The zero-order valence-corrected chi connectivity index (χ0v) is 56.9. The number of Topliss-reactive ketones (excluding diaryl/α,β-unsaturated/α-hetero) is 1. The maximum atomic E-state index is 13.2. The van der Waals surface area contributed by atoms with Gasteiger partial charge in [0.1, 0.15) is 22.8 Å². The molecule has 0 saturated carbocycles. The van der Waals surface area contributed by atoms with E-state index in [2.05, 4.69) is 78.3 Å². The highest BCUT2D eigenvalue weighted by Gasteiger charge is 2.34.